The molecular formula is C17H14FN3O3. The molecular weight excluding hydrogens is 313 g/mol. The topological polar surface area (TPSA) is 83.7 Å². The van der Waals surface area contributed by atoms with E-state index in [1.54, 1.807) is 31.2 Å². The summed E-state index contributed by atoms with van der Waals surface area (Å²) in [5.74, 6) is -1.81. The number of nitrogens with zero attached hydrogens (tertiary/aromatic N) is 2. The van der Waals surface area contributed by atoms with Gasteiger partial charge in [0.15, 0.2) is 0 Å². The van der Waals surface area contributed by atoms with Gasteiger partial charge in [-0.15, -0.1) is 0 Å². The van der Waals surface area contributed by atoms with Gasteiger partial charge in [-0.05, 0) is 36.8 Å². The quantitative estimate of drug-likeness (QED) is 0.771. The summed E-state index contributed by atoms with van der Waals surface area (Å²) in [6.07, 6.45) is 1.13. The molecule has 0 aliphatic rings. The van der Waals surface area contributed by atoms with Crippen molar-refractivity contribution < 1.29 is 19.1 Å². The first-order chi connectivity index (χ1) is 11.4. The molecule has 2 aromatic heterocycles. The predicted molar refractivity (Wildman–Crippen MR) is 85.6 cm³/mol. The highest BCUT2D eigenvalue weighted by Crippen LogP contribution is 2.16. The minimum atomic E-state index is -0.921. The molecule has 0 saturated heterocycles. The van der Waals surface area contributed by atoms with Gasteiger partial charge in [0, 0.05) is 11.9 Å². The summed E-state index contributed by atoms with van der Waals surface area (Å²) >= 11 is 0. The predicted octanol–water partition coefficient (Wildman–Crippen LogP) is 2.66. The monoisotopic (exact) mass is 327 g/mol. The lowest BCUT2D eigenvalue weighted by molar-refractivity contribution is -0.136. The first-order valence-corrected chi connectivity index (χ1v) is 7.20. The molecule has 1 aromatic carbocycles. The second kappa shape index (κ2) is 6.11. The Morgan fingerprint density at radius 2 is 1.92 bits per heavy atom. The number of aryl methyl sites for hydroxylation is 1. The van der Waals surface area contributed by atoms with E-state index in [0.717, 1.165) is 0 Å². The number of benzene rings is 1. The number of carboxylic acid groups (broad SMARTS) is 1. The summed E-state index contributed by atoms with van der Waals surface area (Å²) in [6, 6.07) is 9.28. The first-order valence-electron chi connectivity index (χ1n) is 7.20. The molecule has 3 rings (SSSR count). The normalized spacial score (nSPS) is 10.8. The zero-order chi connectivity index (χ0) is 17.3. The average Bonchev–Trinajstić information content (AvgIpc) is 2.84. The molecule has 24 heavy (non-hydrogen) atoms. The van der Waals surface area contributed by atoms with Gasteiger partial charge in [0.25, 0.3) is 5.91 Å². The zero-order valence-corrected chi connectivity index (χ0v) is 12.8. The lowest BCUT2D eigenvalue weighted by Gasteiger charge is -2.07. The largest absolute Gasteiger partial charge is 0.481 e. The SMILES string of the molecule is Cc1nc2ccc(F)cn2c1C(=O)Nc1ccc(CC(=O)O)cc1. The molecule has 0 atom stereocenters. The number of imidazole rings is 1. The van der Waals surface area contributed by atoms with Crippen LogP contribution in [0.25, 0.3) is 5.65 Å². The van der Waals surface area contributed by atoms with E-state index in [1.165, 1.54) is 22.7 Å². The zero-order valence-electron chi connectivity index (χ0n) is 12.8. The molecule has 2 heterocycles. The number of anilines is 1. The Morgan fingerprint density at radius 3 is 2.58 bits per heavy atom. The fourth-order valence-corrected chi connectivity index (χ4v) is 2.48. The van der Waals surface area contributed by atoms with Crippen LogP contribution < -0.4 is 5.32 Å². The van der Waals surface area contributed by atoms with E-state index in [0.29, 0.717) is 22.6 Å². The number of pyridine rings is 1. The summed E-state index contributed by atoms with van der Waals surface area (Å²) in [6.45, 7) is 1.68. The van der Waals surface area contributed by atoms with E-state index in [9.17, 15) is 14.0 Å². The third-order valence-electron chi connectivity index (χ3n) is 3.54. The van der Waals surface area contributed by atoms with Crippen molar-refractivity contribution in [3.8, 4) is 0 Å². The van der Waals surface area contributed by atoms with Crippen molar-refractivity contribution in [3.63, 3.8) is 0 Å². The fourth-order valence-electron chi connectivity index (χ4n) is 2.48. The smallest absolute Gasteiger partial charge is 0.307 e. The van der Waals surface area contributed by atoms with Gasteiger partial charge >= 0.3 is 5.97 Å². The van der Waals surface area contributed by atoms with Crippen LogP contribution >= 0.6 is 0 Å². The van der Waals surface area contributed by atoms with Crippen LogP contribution in [-0.2, 0) is 11.2 Å². The molecule has 7 heteroatoms. The number of nitrogens with one attached hydrogen (secondary N) is 1. The van der Waals surface area contributed by atoms with Gasteiger partial charge in [0.1, 0.15) is 17.2 Å². The van der Waals surface area contributed by atoms with Crippen LogP contribution in [0, 0.1) is 12.7 Å². The Bertz CT molecular complexity index is 932. The molecule has 122 valence electrons. The molecule has 0 aliphatic carbocycles. The van der Waals surface area contributed by atoms with Crippen LogP contribution in [0.15, 0.2) is 42.6 Å². The number of halogens is 1. The van der Waals surface area contributed by atoms with E-state index in [4.69, 9.17) is 5.11 Å². The molecule has 0 bridgehead atoms. The highest BCUT2D eigenvalue weighted by molar-refractivity contribution is 6.04. The Labute approximate surface area is 136 Å². The number of aromatic nitrogens is 2. The Morgan fingerprint density at radius 1 is 1.21 bits per heavy atom. The third kappa shape index (κ3) is 3.10. The number of hydrogen-bond donors (Lipinski definition) is 2. The lowest BCUT2D eigenvalue weighted by atomic mass is 10.1. The number of aliphatic carboxylic acids is 1. The molecule has 0 saturated carbocycles. The molecule has 2 N–H and O–H groups in total. The minimum Gasteiger partial charge on any atom is -0.481 e. The summed E-state index contributed by atoms with van der Waals surface area (Å²) in [7, 11) is 0. The first kappa shape index (κ1) is 15.7. The van der Waals surface area contributed by atoms with Crippen molar-refractivity contribution in [1.82, 2.24) is 9.38 Å². The van der Waals surface area contributed by atoms with Gasteiger partial charge in [-0.1, -0.05) is 12.1 Å². The van der Waals surface area contributed by atoms with Gasteiger partial charge in [0.05, 0.1) is 12.1 Å². The highest BCUT2D eigenvalue weighted by Gasteiger charge is 2.17. The number of carbonyl (C=O) groups excluding carboxylic acids is 1. The van der Waals surface area contributed by atoms with Gasteiger partial charge < -0.3 is 10.4 Å². The van der Waals surface area contributed by atoms with E-state index in [2.05, 4.69) is 10.3 Å². The van der Waals surface area contributed by atoms with Gasteiger partial charge in [-0.25, -0.2) is 9.37 Å². The lowest BCUT2D eigenvalue weighted by Crippen LogP contribution is -2.15. The van der Waals surface area contributed by atoms with Gasteiger partial charge in [-0.3, -0.25) is 14.0 Å². The van der Waals surface area contributed by atoms with E-state index in [1.807, 2.05) is 0 Å². The van der Waals surface area contributed by atoms with Crippen LogP contribution in [0.4, 0.5) is 10.1 Å². The second-order valence-electron chi connectivity index (χ2n) is 5.34. The molecule has 0 spiro atoms. The Hall–Kier alpha value is -3.22. The Kier molecular flexibility index (Phi) is 3.99. The van der Waals surface area contributed by atoms with Crippen LogP contribution in [0.2, 0.25) is 0 Å². The van der Waals surface area contributed by atoms with E-state index < -0.39 is 17.7 Å². The van der Waals surface area contributed by atoms with Crippen molar-refractivity contribution in [2.75, 3.05) is 5.32 Å². The van der Waals surface area contributed by atoms with Crippen LogP contribution in [0.3, 0.4) is 0 Å². The maximum atomic E-state index is 13.4. The molecule has 0 aliphatic heterocycles. The highest BCUT2D eigenvalue weighted by atomic mass is 19.1. The van der Waals surface area contributed by atoms with E-state index in [-0.39, 0.29) is 12.1 Å². The molecule has 6 nitrogen and oxygen atoms in total. The average molecular weight is 327 g/mol. The van der Waals surface area contributed by atoms with Crippen molar-refractivity contribution in [1.29, 1.82) is 0 Å². The minimum absolute atomic E-state index is 0.0835. The summed E-state index contributed by atoms with van der Waals surface area (Å²) in [4.78, 5) is 27.4. The molecule has 0 fully saturated rings. The number of hydrogen-bond acceptors (Lipinski definition) is 3. The van der Waals surface area contributed by atoms with Crippen molar-refractivity contribution in [3.05, 3.63) is 65.4 Å². The maximum Gasteiger partial charge on any atom is 0.307 e. The number of carboxylic acids is 1. The van der Waals surface area contributed by atoms with Crippen LogP contribution in [0.5, 0.6) is 0 Å². The van der Waals surface area contributed by atoms with Gasteiger partial charge in [0.2, 0.25) is 0 Å². The fraction of sp³-hybridized carbons (Fsp3) is 0.118. The third-order valence-corrected chi connectivity index (χ3v) is 3.54. The number of rotatable bonds is 4. The number of carbonyl (C=O) groups is 2. The number of amides is 1. The molecule has 1 amide bonds. The van der Waals surface area contributed by atoms with Crippen molar-refractivity contribution >= 4 is 23.2 Å². The molecule has 0 unspecified atom stereocenters. The van der Waals surface area contributed by atoms with Crippen LogP contribution in [-0.4, -0.2) is 26.4 Å². The molecule has 0 radical (unpaired) electrons. The summed E-state index contributed by atoms with van der Waals surface area (Å²) < 4.78 is 14.8. The van der Waals surface area contributed by atoms with Crippen molar-refractivity contribution in [2.45, 2.75) is 13.3 Å². The van der Waals surface area contributed by atoms with Crippen LogP contribution in [0.1, 0.15) is 21.7 Å². The summed E-state index contributed by atoms with van der Waals surface area (Å²) in [5.41, 5.74) is 2.36. The molecule has 3 aromatic rings. The van der Waals surface area contributed by atoms with Gasteiger partial charge in [-0.2, -0.15) is 0 Å². The number of fused-ring (bicyclic) bond motifs is 1. The van der Waals surface area contributed by atoms with Crippen molar-refractivity contribution in [2.24, 2.45) is 0 Å². The summed E-state index contributed by atoms with van der Waals surface area (Å²) in [5, 5.41) is 11.5. The second-order valence-corrected chi connectivity index (χ2v) is 5.34. The standard InChI is InChI=1S/C17H14FN3O3/c1-10-16(21-9-12(18)4-7-14(21)19-10)17(24)20-13-5-2-11(3-6-13)8-15(22)23/h2-7,9H,8H2,1H3,(H,20,24)(H,22,23). The van der Waals surface area contributed by atoms with E-state index >= 15 is 0 Å². The maximum absolute atomic E-state index is 13.4. The Balaban J connectivity index is 1.86.